The molecule has 1 aliphatic rings. The minimum absolute atomic E-state index is 0.629. The average Bonchev–Trinajstić information content (AvgIpc) is 2.87. The van der Waals surface area contributed by atoms with Crippen molar-refractivity contribution in [3.8, 4) is 17.1 Å². The fourth-order valence-corrected chi connectivity index (χ4v) is 3.49. The highest BCUT2D eigenvalue weighted by molar-refractivity contribution is 7.14. The van der Waals surface area contributed by atoms with Gasteiger partial charge < -0.3 is 9.84 Å². The summed E-state index contributed by atoms with van der Waals surface area (Å²) in [7, 11) is 0. The molecule has 6 heteroatoms. The smallest absolute Gasteiger partial charge is 0.183 e. The Balaban J connectivity index is 1.71. The van der Waals surface area contributed by atoms with Crippen molar-refractivity contribution < 1.29 is 4.52 Å². The van der Waals surface area contributed by atoms with Gasteiger partial charge in [-0.15, -0.1) is 11.3 Å². The summed E-state index contributed by atoms with van der Waals surface area (Å²) in [6.07, 6.45) is 2.52. The van der Waals surface area contributed by atoms with Gasteiger partial charge in [0.25, 0.3) is 0 Å². The van der Waals surface area contributed by atoms with Crippen LogP contribution in [0.1, 0.15) is 30.0 Å². The number of nitrogens with one attached hydrogen (secondary N) is 1. The maximum Gasteiger partial charge on any atom is 0.183 e. The summed E-state index contributed by atoms with van der Waals surface area (Å²) in [5.41, 5.74) is 4.44. The summed E-state index contributed by atoms with van der Waals surface area (Å²) < 4.78 is 7.31. The first-order valence-corrected chi connectivity index (χ1v) is 8.35. The Morgan fingerprint density at radius 1 is 1.27 bits per heavy atom. The number of anilines is 1. The Kier molecular flexibility index (Phi) is 3.07. The first kappa shape index (κ1) is 13.6. The van der Waals surface area contributed by atoms with Gasteiger partial charge in [-0.3, -0.25) is 4.57 Å². The third-order valence-corrected chi connectivity index (χ3v) is 4.73. The van der Waals surface area contributed by atoms with Gasteiger partial charge in [-0.05, 0) is 39.7 Å². The fourth-order valence-electron chi connectivity index (χ4n) is 2.70. The Hall–Kier alpha value is -2.08. The zero-order chi connectivity index (χ0) is 15.3. The first-order chi connectivity index (χ1) is 10.6. The van der Waals surface area contributed by atoms with Crippen LogP contribution in [-0.4, -0.2) is 20.7 Å². The van der Waals surface area contributed by atoms with E-state index in [9.17, 15) is 0 Å². The Labute approximate surface area is 133 Å². The summed E-state index contributed by atoms with van der Waals surface area (Å²) >= 11 is 1.67. The van der Waals surface area contributed by atoms with Crippen molar-refractivity contribution in [1.29, 1.82) is 0 Å². The maximum atomic E-state index is 5.20. The third-order valence-electron chi connectivity index (χ3n) is 3.96. The van der Waals surface area contributed by atoms with Gasteiger partial charge in [-0.1, -0.05) is 5.16 Å². The van der Waals surface area contributed by atoms with Gasteiger partial charge in [0.15, 0.2) is 10.9 Å². The molecule has 114 valence electrons. The fraction of sp³-hybridized carbons (Fsp3) is 0.375. The predicted octanol–water partition coefficient (Wildman–Crippen LogP) is 4.09. The van der Waals surface area contributed by atoms with Gasteiger partial charge in [-0.25, -0.2) is 4.98 Å². The highest BCUT2D eigenvalue weighted by Crippen LogP contribution is 2.33. The van der Waals surface area contributed by atoms with Crippen molar-refractivity contribution in [1.82, 2.24) is 14.7 Å². The number of rotatable bonds is 4. The molecule has 1 aliphatic carbocycles. The monoisotopic (exact) mass is 314 g/mol. The highest BCUT2D eigenvalue weighted by Gasteiger charge is 2.23. The van der Waals surface area contributed by atoms with E-state index in [0.717, 1.165) is 39.4 Å². The molecule has 3 aromatic rings. The summed E-state index contributed by atoms with van der Waals surface area (Å²) in [5, 5.41) is 10.7. The molecular weight excluding hydrogens is 296 g/mol. The van der Waals surface area contributed by atoms with Crippen molar-refractivity contribution >= 4 is 16.5 Å². The lowest BCUT2D eigenvalue weighted by atomic mass is 10.2. The molecule has 0 unspecified atom stereocenters. The molecule has 0 spiro atoms. The largest absolute Gasteiger partial charge is 0.360 e. The Morgan fingerprint density at radius 3 is 2.77 bits per heavy atom. The van der Waals surface area contributed by atoms with Crippen LogP contribution in [0.3, 0.4) is 0 Å². The van der Waals surface area contributed by atoms with E-state index in [0.29, 0.717) is 6.04 Å². The second-order valence-electron chi connectivity index (χ2n) is 5.87. The number of aryl methyl sites for hydroxylation is 2. The van der Waals surface area contributed by atoms with E-state index in [1.54, 1.807) is 11.3 Å². The van der Waals surface area contributed by atoms with E-state index in [1.165, 1.54) is 12.8 Å². The normalized spacial score (nSPS) is 14.5. The first-order valence-electron chi connectivity index (χ1n) is 7.47. The van der Waals surface area contributed by atoms with E-state index >= 15 is 0 Å². The molecule has 0 saturated heterocycles. The summed E-state index contributed by atoms with van der Waals surface area (Å²) in [6, 6.07) is 4.74. The van der Waals surface area contributed by atoms with Gasteiger partial charge in [0.1, 0.15) is 5.76 Å². The van der Waals surface area contributed by atoms with Gasteiger partial charge >= 0.3 is 0 Å². The second-order valence-corrected chi connectivity index (χ2v) is 6.73. The molecule has 0 aliphatic heterocycles. The van der Waals surface area contributed by atoms with Gasteiger partial charge in [-0.2, -0.15) is 0 Å². The van der Waals surface area contributed by atoms with E-state index < -0.39 is 0 Å². The van der Waals surface area contributed by atoms with E-state index in [4.69, 9.17) is 9.51 Å². The molecule has 0 aromatic carbocycles. The molecule has 0 radical (unpaired) electrons. The molecule has 3 aromatic heterocycles. The van der Waals surface area contributed by atoms with Crippen molar-refractivity contribution in [3.05, 3.63) is 34.7 Å². The van der Waals surface area contributed by atoms with Crippen molar-refractivity contribution in [2.24, 2.45) is 0 Å². The maximum absolute atomic E-state index is 5.20. The molecule has 1 saturated carbocycles. The number of aromatic nitrogens is 3. The number of thiazole rings is 1. The molecule has 1 N–H and O–H groups in total. The number of hydrogen-bond donors (Lipinski definition) is 1. The zero-order valence-corrected chi connectivity index (χ0v) is 13.7. The molecule has 0 bridgehead atoms. The highest BCUT2D eigenvalue weighted by atomic mass is 32.1. The van der Waals surface area contributed by atoms with E-state index in [-0.39, 0.29) is 0 Å². The van der Waals surface area contributed by atoms with Crippen LogP contribution in [0.5, 0.6) is 0 Å². The zero-order valence-electron chi connectivity index (χ0n) is 12.9. The van der Waals surface area contributed by atoms with E-state index in [2.05, 4.69) is 40.3 Å². The van der Waals surface area contributed by atoms with Crippen LogP contribution in [0.15, 0.2) is 22.0 Å². The van der Waals surface area contributed by atoms with Crippen LogP contribution in [0.25, 0.3) is 17.1 Å². The topological polar surface area (TPSA) is 55.9 Å². The summed E-state index contributed by atoms with van der Waals surface area (Å²) in [5.74, 6) is 1.64. The Bertz CT molecular complexity index is 825. The van der Waals surface area contributed by atoms with Crippen LogP contribution < -0.4 is 5.32 Å². The van der Waals surface area contributed by atoms with Crippen LogP contribution in [-0.2, 0) is 0 Å². The number of nitrogens with zero attached hydrogens (tertiary/aromatic N) is 3. The van der Waals surface area contributed by atoms with Gasteiger partial charge in [0.2, 0.25) is 0 Å². The van der Waals surface area contributed by atoms with Crippen LogP contribution in [0, 0.1) is 20.8 Å². The standard InChI is InChI=1S/C16H18N4OS/c1-9-6-13(11(3)20(9)15-7-10(2)21-19-15)14-8-22-16(18-14)17-12-4-5-12/h6-8,12H,4-5H2,1-3H3,(H,17,18). The third kappa shape index (κ3) is 2.33. The molecule has 0 atom stereocenters. The molecule has 5 nitrogen and oxygen atoms in total. The Morgan fingerprint density at radius 2 is 2.09 bits per heavy atom. The van der Waals surface area contributed by atoms with E-state index in [1.807, 2.05) is 13.0 Å². The molecule has 22 heavy (non-hydrogen) atoms. The average molecular weight is 314 g/mol. The van der Waals surface area contributed by atoms with Crippen LogP contribution in [0.2, 0.25) is 0 Å². The van der Waals surface area contributed by atoms with Crippen molar-refractivity contribution in [2.75, 3.05) is 5.32 Å². The summed E-state index contributed by atoms with van der Waals surface area (Å²) in [4.78, 5) is 4.73. The second kappa shape index (κ2) is 4.98. The SMILES string of the molecule is Cc1cc(-n2c(C)cc(-c3csc(NC4CC4)n3)c2C)no1. The molecule has 4 rings (SSSR count). The summed E-state index contributed by atoms with van der Waals surface area (Å²) in [6.45, 7) is 6.08. The van der Waals surface area contributed by atoms with Gasteiger partial charge in [0.05, 0.1) is 5.69 Å². The van der Waals surface area contributed by atoms with Crippen molar-refractivity contribution in [2.45, 2.75) is 39.7 Å². The van der Waals surface area contributed by atoms with Crippen molar-refractivity contribution in [3.63, 3.8) is 0 Å². The lowest BCUT2D eigenvalue weighted by Crippen LogP contribution is -2.00. The van der Waals surface area contributed by atoms with Crippen LogP contribution >= 0.6 is 11.3 Å². The minimum atomic E-state index is 0.629. The molecular formula is C16H18N4OS. The van der Waals surface area contributed by atoms with Gasteiger partial charge in [0, 0.05) is 34.4 Å². The number of hydrogen-bond acceptors (Lipinski definition) is 5. The lowest BCUT2D eigenvalue weighted by Gasteiger charge is -2.04. The quantitative estimate of drug-likeness (QED) is 0.788. The van der Waals surface area contributed by atoms with Crippen LogP contribution in [0.4, 0.5) is 5.13 Å². The lowest BCUT2D eigenvalue weighted by molar-refractivity contribution is 0.394. The molecule has 3 heterocycles. The minimum Gasteiger partial charge on any atom is -0.360 e. The predicted molar refractivity (Wildman–Crippen MR) is 87.8 cm³/mol. The molecule has 1 fully saturated rings. The molecule has 0 amide bonds.